The molecular weight excluding hydrogens is 164 g/mol. The van der Waals surface area contributed by atoms with Gasteiger partial charge in [0.1, 0.15) is 11.6 Å². The van der Waals surface area contributed by atoms with Crippen LogP contribution in [0.5, 0.6) is 0 Å². The minimum atomic E-state index is 0.182. The van der Waals surface area contributed by atoms with Crippen molar-refractivity contribution >= 4 is 11.6 Å². The molecule has 0 N–H and O–H groups in total. The highest BCUT2D eigenvalue weighted by Gasteiger charge is 2.69. The Morgan fingerprint density at radius 1 is 0.769 bits per heavy atom. The summed E-state index contributed by atoms with van der Waals surface area (Å²) in [4.78, 5) is 23.4. The van der Waals surface area contributed by atoms with E-state index in [2.05, 4.69) is 0 Å². The first-order valence-electron chi connectivity index (χ1n) is 5.33. The largest absolute Gasteiger partial charge is 0.299 e. The lowest BCUT2D eigenvalue weighted by Gasteiger charge is -2.22. The summed E-state index contributed by atoms with van der Waals surface area (Å²) in [7, 11) is 0. The van der Waals surface area contributed by atoms with E-state index in [0.29, 0.717) is 35.2 Å². The molecule has 4 aliphatic rings. The molecule has 2 bridgehead atoms. The van der Waals surface area contributed by atoms with Crippen molar-refractivity contribution in [1.82, 2.24) is 0 Å². The minimum Gasteiger partial charge on any atom is -0.299 e. The third-order valence-corrected chi connectivity index (χ3v) is 5.12. The predicted molar refractivity (Wildman–Crippen MR) is 44.8 cm³/mol. The third kappa shape index (κ3) is 0.527. The zero-order valence-corrected chi connectivity index (χ0v) is 7.40. The van der Waals surface area contributed by atoms with Gasteiger partial charge in [-0.15, -0.1) is 0 Å². The summed E-state index contributed by atoms with van der Waals surface area (Å²) < 4.78 is 0. The Labute approximate surface area is 76.7 Å². The number of hydrogen-bond acceptors (Lipinski definition) is 2. The summed E-state index contributed by atoms with van der Waals surface area (Å²) in [5.74, 6) is 3.67. The van der Waals surface area contributed by atoms with E-state index < -0.39 is 0 Å². The van der Waals surface area contributed by atoms with Crippen molar-refractivity contribution < 1.29 is 9.59 Å². The average molecular weight is 176 g/mol. The molecular formula is C11H12O2. The lowest BCUT2D eigenvalue weighted by atomic mass is 9.79. The number of fused-ring (bicyclic) bond motifs is 2. The number of carbonyl (C=O) groups is 2. The minimum absolute atomic E-state index is 0.182. The van der Waals surface area contributed by atoms with Crippen LogP contribution in [-0.2, 0) is 9.59 Å². The van der Waals surface area contributed by atoms with Crippen molar-refractivity contribution in [3.63, 3.8) is 0 Å². The second kappa shape index (κ2) is 1.75. The monoisotopic (exact) mass is 176 g/mol. The lowest BCUT2D eigenvalue weighted by Crippen LogP contribution is -2.26. The fourth-order valence-corrected chi connectivity index (χ4v) is 4.88. The lowest BCUT2D eigenvalue weighted by molar-refractivity contribution is -0.129. The molecule has 0 heterocycles. The van der Waals surface area contributed by atoms with Crippen LogP contribution in [0.4, 0.5) is 0 Å². The van der Waals surface area contributed by atoms with Crippen LogP contribution >= 0.6 is 0 Å². The van der Waals surface area contributed by atoms with Gasteiger partial charge in [-0.3, -0.25) is 9.59 Å². The molecule has 4 rings (SSSR count). The van der Waals surface area contributed by atoms with Gasteiger partial charge in [0.25, 0.3) is 0 Å². The average Bonchev–Trinajstić information content (AvgIpc) is 2.67. The summed E-state index contributed by atoms with van der Waals surface area (Å²) in [6, 6.07) is 0. The molecule has 4 saturated carbocycles. The van der Waals surface area contributed by atoms with Gasteiger partial charge in [0.15, 0.2) is 0 Å². The van der Waals surface area contributed by atoms with Gasteiger partial charge in [-0.25, -0.2) is 0 Å². The van der Waals surface area contributed by atoms with E-state index in [0.717, 1.165) is 12.8 Å². The number of ketones is 2. The first-order valence-corrected chi connectivity index (χ1v) is 5.33. The zero-order valence-electron chi connectivity index (χ0n) is 7.40. The summed E-state index contributed by atoms with van der Waals surface area (Å²) >= 11 is 0. The highest BCUT2D eigenvalue weighted by Crippen LogP contribution is 2.68. The van der Waals surface area contributed by atoms with Gasteiger partial charge in [0, 0.05) is 24.7 Å². The topological polar surface area (TPSA) is 34.1 Å². The highest BCUT2D eigenvalue weighted by molar-refractivity contribution is 5.96. The maximum Gasteiger partial charge on any atom is 0.137 e. The Hall–Kier alpha value is -0.660. The number of carbonyl (C=O) groups excluding carboxylic acids is 2. The maximum absolute atomic E-state index is 11.7. The SMILES string of the molecule is O=C1C[C@H]2C3CC4[C@H]2CC(=O)[C@@H]4[C@H]13. The molecule has 0 amide bonds. The van der Waals surface area contributed by atoms with E-state index >= 15 is 0 Å². The van der Waals surface area contributed by atoms with E-state index in [1.807, 2.05) is 0 Å². The van der Waals surface area contributed by atoms with E-state index in [1.165, 1.54) is 6.42 Å². The zero-order chi connectivity index (χ0) is 8.74. The van der Waals surface area contributed by atoms with Crippen molar-refractivity contribution in [3.8, 4) is 0 Å². The van der Waals surface area contributed by atoms with Crippen LogP contribution in [0, 0.1) is 35.5 Å². The van der Waals surface area contributed by atoms with Gasteiger partial charge in [-0.05, 0) is 30.1 Å². The molecule has 68 valence electrons. The van der Waals surface area contributed by atoms with Crippen molar-refractivity contribution in [3.05, 3.63) is 0 Å². The van der Waals surface area contributed by atoms with Gasteiger partial charge in [0.2, 0.25) is 0 Å². The summed E-state index contributed by atoms with van der Waals surface area (Å²) in [5, 5.41) is 0. The Kier molecular flexibility index (Phi) is 0.907. The number of hydrogen-bond donors (Lipinski definition) is 0. The highest BCUT2D eigenvalue weighted by atomic mass is 16.1. The fourth-order valence-electron chi connectivity index (χ4n) is 4.88. The summed E-state index contributed by atoms with van der Waals surface area (Å²) in [5.41, 5.74) is 0. The van der Waals surface area contributed by atoms with Gasteiger partial charge < -0.3 is 0 Å². The van der Waals surface area contributed by atoms with Gasteiger partial charge in [0.05, 0.1) is 0 Å². The van der Waals surface area contributed by atoms with Gasteiger partial charge in [-0.1, -0.05) is 0 Å². The first kappa shape index (κ1) is 6.74. The smallest absolute Gasteiger partial charge is 0.137 e. The van der Waals surface area contributed by atoms with E-state index in [-0.39, 0.29) is 11.8 Å². The maximum atomic E-state index is 11.7. The molecule has 0 aromatic heterocycles. The van der Waals surface area contributed by atoms with Crippen LogP contribution < -0.4 is 0 Å². The Morgan fingerprint density at radius 3 is 1.69 bits per heavy atom. The Morgan fingerprint density at radius 2 is 1.23 bits per heavy atom. The van der Waals surface area contributed by atoms with Crippen LogP contribution in [0.25, 0.3) is 0 Å². The molecule has 0 aliphatic heterocycles. The molecule has 2 unspecified atom stereocenters. The van der Waals surface area contributed by atoms with Gasteiger partial charge >= 0.3 is 0 Å². The molecule has 0 radical (unpaired) electrons. The molecule has 0 aromatic rings. The van der Waals surface area contributed by atoms with E-state index in [1.54, 1.807) is 0 Å². The molecule has 6 atom stereocenters. The van der Waals surface area contributed by atoms with Crippen LogP contribution in [0.15, 0.2) is 0 Å². The fraction of sp³-hybridized carbons (Fsp3) is 0.818. The van der Waals surface area contributed by atoms with Crippen LogP contribution in [0.3, 0.4) is 0 Å². The second-order valence-electron chi connectivity index (χ2n) is 5.28. The predicted octanol–water partition coefficient (Wildman–Crippen LogP) is 1.05. The quantitative estimate of drug-likeness (QED) is 0.552. The van der Waals surface area contributed by atoms with Crippen LogP contribution in [0.2, 0.25) is 0 Å². The van der Waals surface area contributed by atoms with Crippen molar-refractivity contribution in [2.24, 2.45) is 35.5 Å². The molecule has 0 spiro atoms. The molecule has 0 saturated heterocycles. The van der Waals surface area contributed by atoms with Gasteiger partial charge in [-0.2, -0.15) is 0 Å². The number of rotatable bonds is 0. The third-order valence-electron chi connectivity index (χ3n) is 5.12. The standard InChI is InChI=1S/C11H12O2/c12-8-2-4-5-3-9(13)11-7(5)1-6(4)10(8)11/h4-7,10-11H,1-3H2/t4-,5+,6?,7?,10+,11-. The molecule has 4 aliphatic carbocycles. The Bertz CT molecular complexity index is 297. The van der Waals surface area contributed by atoms with E-state index in [4.69, 9.17) is 0 Å². The Balaban J connectivity index is 1.94. The van der Waals surface area contributed by atoms with Crippen molar-refractivity contribution in [1.29, 1.82) is 0 Å². The number of Topliss-reactive ketones (excluding diaryl/α,β-unsaturated/α-hetero) is 2. The van der Waals surface area contributed by atoms with Crippen molar-refractivity contribution in [2.45, 2.75) is 19.3 Å². The molecule has 0 aromatic carbocycles. The molecule has 2 heteroatoms. The van der Waals surface area contributed by atoms with E-state index in [9.17, 15) is 9.59 Å². The molecule has 4 fully saturated rings. The van der Waals surface area contributed by atoms with Crippen LogP contribution in [0.1, 0.15) is 19.3 Å². The first-order chi connectivity index (χ1) is 6.27. The summed E-state index contributed by atoms with van der Waals surface area (Å²) in [6.45, 7) is 0. The molecule has 13 heavy (non-hydrogen) atoms. The van der Waals surface area contributed by atoms with Crippen molar-refractivity contribution in [2.75, 3.05) is 0 Å². The normalized spacial score (nSPS) is 61.2. The summed E-state index contributed by atoms with van der Waals surface area (Å²) in [6.07, 6.45) is 2.81. The van der Waals surface area contributed by atoms with Crippen LogP contribution in [-0.4, -0.2) is 11.6 Å². The molecule has 2 nitrogen and oxygen atoms in total. The second-order valence-corrected chi connectivity index (χ2v) is 5.28.